The van der Waals surface area contributed by atoms with Crippen LogP contribution in [-0.2, 0) is 14.2 Å². The maximum Gasteiger partial charge on any atom is 0.0700 e. The van der Waals surface area contributed by atoms with E-state index in [-0.39, 0.29) is 5.41 Å². The predicted molar refractivity (Wildman–Crippen MR) is 72.9 cm³/mol. The van der Waals surface area contributed by atoms with Gasteiger partial charge in [0.1, 0.15) is 0 Å². The van der Waals surface area contributed by atoms with E-state index >= 15 is 0 Å². The fraction of sp³-hybridized carbons (Fsp3) is 1.00. The van der Waals surface area contributed by atoms with Gasteiger partial charge in [-0.15, -0.1) is 0 Å². The maximum atomic E-state index is 5.71. The number of rotatable bonds is 12. The van der Waals surface area contributed by atoms with Crippen LogP contribution < -0.4 is 5.32 Å². The minimum absolute atomic E-state index is 0.222. The van der Waals surface area contributed by atoms with Crippen molar-refractivity contribution in [3.8, 4) is 0 Å². The van der Waals surface area contributed by atoms with Gasteiger partial charge in [-0.2, -0.15) is 0 Å². The van der Waals surface area contributed by atoms with Crippen molar-refractivity contribution in [3.63, 3.8) is 0 Å². The van der Waals surface area contributed by atoms with E-state index < -0.39 is 0 Å². The first-order valence-corrected chi connectivity index (χ1v) is 7.02. The van der Waals surface area contributed by atoms with Crippen molar-refractivity contribution in [2.24, 2.45) is 5.41 Å². The molecule has 0 bridgehead atoms. The fourth-order valence-corrected chi connectivity index (χ4v) is 1.61. The van der Waals surface area contributed by atoms with E-state index in [2.05, 4.69) is 19.2 Å². The normalized spacial score (nSPS) is 16.2. The highest BCUT2D eigenvalue weighted by Crippen LogP contribution is 2.21. The second kappa shape index (κ2) is 8.86. The Kier molecular flexibility index (Phi) is 7.82. The van der Waals surface area contributed by atoms with Gasteiger partial charge in [0.2, 0.25) is 0 Å². The highest BCUT2D eigenvalue weighted by Gasteiger charge is 2.25. The minimum Gasteiger partial charge on any atom is -0.382 e. The van der Waals surface area contributed by atoms with E-state index in [1.54, 1.807) is 7.11 Å². The highest BCUT2D eigenvalue weighted by molar-refractivity contribution is 4.83. The van der Waals surface area contributed by atoms with Crippen LogP contribution in [0.2, 0.25) is 0 Å². The molecule has 108 valence electrons. The van der Waals surface area contributed by atoms with Crippen molar-refractivity contribution < 1.29 is 14.2 Å². The summed E-state index contributed by atoms with van der Waals surface area (Å²) in [5.74, 6) is 0. The van der Waals surface area contributed by atoms with Crippen molar-refractivity contribution in [1.29, 1.82) is 0 Å². The molecule has 0 amide bonds. The Morgan fingerprint density at radius 1 is 1.06 bits per heavy atom. The third-order valence-corrected chi connectivity index (χ3v) is 2.95. The SMILES string of the molecule is COCCOCCCOCC(C)(C)CNC1CC1. The van der Waals surface area contributed by atoms with Crippen molar-refractivity contribution in [1.82, 2.24) is 5.32 Å². The molecule has 1 aliphatic rings. The first-order valence-electron chi connectivity index (χ1n) is 7.02. The van der Waals surface area contributed by atoms with E-state index in [0.29, 0.717) is 13.2 Å². The standard InChI is InChI=1S/C14H29NO3/c1-14(2,11-15-13-5-6-13)12-18-8-4-7-17-10-9-16-3/h13,15H,4-12H2,1-3H3. The van der Waals surface area contributed by atoms with Crippen LogP contribution in [0.5, 0.6) is 0 Å². The summed E-state index contributed by atoms with van der Waals surface area (Å²) >= 11 is 0. The van der Waals surface area contributed by atoms with E-state index in [0.717, 1.165) is 38.8 Å². The van der Waals surface area contributed by atoms with Crippen molar-refractivity contribution in [2.45, 2.75) is 39.2 Å². The molecule has 0 unspecified atom stereocenters. The molecule has 1 fully saturated rings. The molecule has 0 radical (unpaired) electrons. The zero-order chi connectivity index (χ0) is 13.3. The first-order chi connectivity index (χ1) is 8.64. The molecule has 0 saturated heterocycles. The van der Waals surface area contributed by atoms with Crippen LogP contribution in [0.1, 0.15) is 33.1 Å². The summed E-state index contributed by atoms with van der Waals surface area (Å²) in [5.41, 5.74) is 0.222. The van der Waals surface area contributed by atoms with Crippen LogP contribution in [-0.4, -0.2) is 52.7 Å². The molecule has 18 heavy (non-hydrogen) atoms. The molecule has 0 aromatic heterocycles. The van der Waals surface area contributed by atoms with Gasteiger partial charge in [0.05, 0.1) is 19.8 Å². The summed E-state index contributed by atoms with van der Waals surface area (Å²) in [7, 11) is 1.68. The van der Waals surface area contributed by atoms with Crippen LogP contribution in [0.25, 0.3) is 0 Å². The molecule has 0 aromatic rings. The van der Waals surface area contributed by atoms with Gasteiger partial charge in [0.25, 0.3) is 0 Å². The number of nitrogens with one attached hydrogen (secondary N) is 1. The third kappa shape index (κ3) is 8.86. The summed E-state index contributed by atoms with van der Waals surface area (Å²) < 4.78 is 16.0. The van der Waals surface area contributed by atoms with Gasteiger partial charge in [0.15, 0.2) is 0 Å². The van der Waals surface area contributed by atoms with Gasteiger partial charge in [-0.1, -0.05) is 13.8 Å². The van der Waals surface area contributed by atoms with E-state index in [1.807, 2.05) is 0 Å². The van der Waals surface area contributed by atoms with Gasteiger partial charge in [-0.3, -0.25) is 0 Å². The molecule has 0 heterocycles. The van der Waals surface area contributed by atoms with Gasteiger partial charge in [-0.05, 0) is 19.3 Å². The zero-order valence-corrected chi connectivity index (χ0v) is 12.2. The molecule has 0 aliphatic heterocycles. The Balaban J connectivity index is 1.85. The van der Waals surface area contributed by atoms with Crippen LogP contribution >= 0.6 is 0 Å². The van der Waals surface area contributed by atoms with Crippen LogP contribution in [0.4, 0.5) is 0 Å². The van der Waals surface area contributed by atoms with E-state index in [1.165, 1.54) is 12.8 Å². The second-order valence-corrected chi connectivity index (χ2v) is 5.83. The quantitative estimate of drug-likeness (QED) is 0.543. The van der Waals surface area contributed by atoms with Crippen molar-refractivity contribution in [2.75, 3.05) is 46.7 Å². The third-order valence-electron chi connectivity index (χ3n) is 2.95. The molecular formula is C14H29NO3. The Morgan fingerprint density at radius 3 is 2.44 bits per heavy atom. The van der Waals surface area contributed by atoms with E-state index in [9.17, 15) is 0 Å². The average Bonchev–Trinajstić information content (AvgIpc) is 3.14. The predicted octanol–water partition coefficient (Wildman–Crippen LogP) is 1.83. The number of ether oxygens (including phenoxy) is 3. The molecule has 1 saturated carbocycles. The van der Waals surface area contributed by atoms with Gasteiger partial charge in [-0.25, -0.2) is 0 Å². The van der Waals surface area contributed by atoms with E-state index in [4.69, 9.17) is 14.2 Å². The molecule has 0 spiro atoms. The Labute approximate surface area is 111 Å². The van der Waals surface area contributed by atoms with Crippen LogP contribution in [0.15, 0.2) is 0 Å². The largest absolute Gasteiger partial charge is 0.382 e. The van der Waals surface area contributed by atoms with Crippen LogP contribution in [0.3, 0.4) is 0 Å². The summed E-state index contributed by atoms with van der Waals surface area (Å²) in [6.07, 6.45) is 3.64. The number of hydrogen-bond donors (Lipinski definition) is 1. The monoisotopic (exact) mass is 259 g/mol. The lowest BCUT2D eigenvalue weighted by Crippen LogP contribution is -2.34. The van der Waals surface area contributed by atoms with Gasteiger partial charge in [0, 0.05) is 38.3 Å². The second-order valence-electron chi connectivity index (χ2n) is 5.83. The Morgan fingerprint density at radius 2 is 1.78 bits per heavy atom. The zero-order valence-electron chi connectivity index (χ0n) is 12.2. The summed E-state index contributed by atoms with van der Waals surface area (Å²) in [6.45, 7) is 9.22. The lowest BCUT2D eigenvalue weighted by Gasteiger charge is -2.25. The average molecular weight is 259 g/mol. The maximum absolute atomic E-state index is 5.71. The minimum atomic E-state index is 0.222. The van der Waals surface area contributed by atoms with Crippen molar-refractivity contribution in [3.05, 3.63) is 0 Å². The topological polar surface area (TPSA) is 39.7 Å². The summed E-state index contributed by atoms with van der Waals surface area (Å²) in [5, 5.41) is 3.55. The van der Waals surface area contributed by atoms with Gasteiger partial charge >= 0.3 is 0 Å². The first kappa shape index (κ1) is 15.9. The molecule has 0 atom stereocenters. The Bertz CT molecular complexity index is 205. The molecule has 4 nitrogen and oxygen atoms in total. The molecule has 0 aromatic carbocycles. The lowest BCUT2D eigenvalue weighted by atomic mass is 9.95. The molecule has 1 N–H and O–H groups in total. The number of hydrogen-bond acceptors (Lipinski definition) is 4. The van der Waals surface area contributed by atoms with Crippen molar-refractivity contribution >= 4 is 0 Å². The molecular weight excluding hydrogens is 230 g/mol. The van der Waals surface area contributed by atoms with Gasteiger partial charge < -0.3 is 19.5 Å². The Hall–Kier alpha value is -0.160. The number of methoxy groups -OCH3 is 1. The molecule has 1 rings (SSSR count). The molecule has 1 aliphatic carbocycles. The van der Waals surface area contributed by atoms with Crippen LogP contribution in [0, 0.1) is 5.41 Å². The smallest absolute Gasteiger partial charge is 0.0700 e. The summed E-state index contributed by atoms with van der Waals surface area (Å²) in [4.78, 5) is 0. The highest BCUT2D eigenvalue weighted by atomic mass is 16.5. The lowest BCUT2D eigenvalue weighted by molar-refractivity contribution is 0.0309. The molecule has 4 heteroatoms. The fourth-order valence-electron chi connectivity index (χ4n) is 1.61. The summed E-state index contributed by atoms with van der Waals surface area (Å²) in [6, 6.07) is 0.776.